The Hall–Kier alpha value is -3.02. The van der Waals surface area contributed by atoms with Crippen molar-refractivity contribution in [3.8, 4) is 11.4 Å². The smallest absolute Gasteiger partial charge is 0.246 e. The molecule has 1 saturated carbocycles. The normalized spacial score (nSPS) is 18.5. The Kier molecular flexibility index (Phi) is 4.24. The lowest BCUT2D eigenvalue weighted by Gasteiger charge is -2.14. The monoisotopic (exact) mass is 348 g/mol. The molecule has 0 saturated heterocycles. The molecule has 26 heavy (non-hydrogen) atoms. The molecule has 0 N–H and O–H groups in total. The van der Waals surface area contributed by atoms with E-state index in [1.165, 1.54) is 11.1 Å². The molecule has 2 heterocycles. The number of pyridine rings is 1. The number of aromatic nitrogens is 3. The molecular weight excluding hydrogens is 328 g/mol. The van der Waals surface area contributed by atoms with Crippen molar-refractivity contribution >= 4 is 5.91 Å². The summed E-state index contributed by atoms with van der Waals surface area (Å²) < 4.78 is 5.28. The summed E-state index contributed by atoms with van der Waals surface area (Å²) in [5, 5.41) is 3.97. The van der Waals surface area contributed by atoms with Crippen LogP contribution in [0, 0.1) is 12.8 Å². The first-order chi connectivity index (χ1) is 12.6. The lowest BCUT2D eigenvalue weighted by atomic mass is 10.1. The lowest BCUT2D eigenvalue weighted by molar-refractivity contribution is -0.132. The highest BCUT2D eigenvalue weighted by Gasteiger charge is 2.45. The van der Waals surface area contributed by atoms with Crippen molar-refractivity contribution in [1.82, 2.24) is 20.0 Å². The Bertz CT molecular complexity index is 922. The molecule has 3 aromatic rings. The highest BCUT2D eigenvalue weighted by molar-refractivity contribution is 5.82. The maximum absolute atomic E-state index is 12.7. The number of rotatable bonds is 5. The predicted molar refractivity (Wildman–Crippen MR) is 96.0 cm³/mol. The molecular formula is C20H20N4O2. The van der Waals surface area contributed by atoms with Crippen LogP contribution < -0.4 is 0 Å². The van der Waals surface area contributed by atoms with Crippen LogP contribution in [0.5, 0.6) is 0 Å². The molecule has 1 aromatic carbocycles. The second-order valence-corrected chi connectivity index (χ2v) is 6.81. The van der Waals surface area contributed by atoms with Crippen LogP contribution in [0.15, 0.2) is 53.3 Å². The van der Waals surface area contributed by atoms with E-state index >= 15 is 0 Å². The minimum atomic E-state index is 0.0440. The highest BCUT2D eigenvalue weighted by Crippen LogP contribution is 2.48. The van der Waals surface area contributed by atoms with E-state index in [1.54, 1.807) is 24.3 Å². The Morgan fingerprint density at radius 3 is 2.96 bits per heavy atom. The number of amides is 1. The van der Waals surface area contributed by atoms with Gasteiger partial charge >= 0.3 is 0 Å². The van der Waals surface area contributed by atoms with Gasteiger partial charge < -0.3 is 9.42 Å². The molecule has 6 heteroatoms. The van der Waals surface area contributed by atoms with Gasteiger partial charge in [-0.3, -0.25) is 9.78 Å². The fraction of sp³-hybridized carbons (Fsp3) is 0.300. The first kappa shape index (κ1) is 16.4. The Labute approximate surface area is 151 Å². The molecule has 0 bridgehead atoms. The molecule has 0 aliphatic heterocycles. The van der Waals surface area contributed by atoms with Crippen molar-refractivity contribution in [2.45, 2.75) is 25.8 Å². The van der Waals surface area contributed by atoms with Gasteiger partial charge in [0, 0.05) is 30.9 Å². The van der Waals surface area contributed by atoms with Crippen LogP contribution in [0.1, 0.15) is 29.4 Å². The van der Waals surface area contributed by atoms with Crippen molar-refractivity contribution in [1.29, 1.82) is 0 Å². The SMILES string of the molecule is Cc1cccc([C@H]2C[C@H]2C(=O)N(C)Cc2nc(-c3cccnc3)no2)c1. The maximum atomic E-state index is 12.7. The van der Waals surface area contributed by atoms with Gasteiger partial charge in [0.1, 0.15) is 0 Å². The van der Waals surface area contributed by atoms with E-state index < -0.39 is 0 Å². The highest BCUT2D eigenvalue weighted by atomic mass is 16.5. The molecule has 1 aliphatic carbocycles. The van der Waals surface area contributed by atoms with Gasteiger partial charge in [0.15, 0.2) is 0 Å². The minimum Gasteiger partial charge on any atom is -0.337 e. The predicted octanol–water partition coefficient (Wildman–Crippen LogP) is 3.20. The van der Waals surface area contributed by atoms with E-state index in [9.17, 15) is 4.79 Å². The molecule has 1 amide bonds. The van der Waals surface area contributed by atoms with Gasteiger partial charge in [-0.25, -0.2) is 0 Å². The van der Waals surface area contributed by atoms with Gasteiger partial charge in [-0.2, -0.15) is 4.98 Å². The third-order valence-electron chi connectivity index (χ3n) is 4.71. The quantitative estimate of drug-likeness (QED) is 0.708. The third-order valence-corrected chi connectivity index (χ3v) is 4.71. The van der Waals surface area contributed by atoms with Gasteiger partial charge in [0.05, 0.1) is 6.54 Å². The fourth-order valence-corrected chi connectivity index (χ4v) is 3.23. The Morgan fingerprint density at radius 2 is 2.19 bits per heavy atom. The maximum Gasteiger partial charge on any atom is 0.246 e. The number of carbonyl (C=O) groups excluding carboxylic acids is 1. The van der Waals surface area contributed by atoms with E-state index in [2.05, 4.69) is 40.2 Å². The van der Waals surface area contributed by atoms with Gasteiger partial charge in [0.25, 0.3) is 0 Å². The summed E-state index contributed by atoms with van der Waals surface area (Å²) in [6.07, 6.45) is 4.27. The van der Waals surface area contributed by atoms with Gasteiger partial charge in [-0.1, -0.05) is 35.0 Å². The van der Waals surface area contributed by atoms with Crippen molar-refractivity contribution < 1.29 is 9.32 Å². The zero-order valence-corrected chi connectivity index (χ0v) is 14.8. The molecule has 6 nitrogen and oxygen atoms in total. The second kappa shape index (κ2) is 6.71. The van der Waals surface area contributed by atoms with Crippen LogP contribution in [-0.2, 0) is 11.3 Å². The van der Waals surface area contributed by atoms with Crippen LogP contribution >= 0.6 is 0 Å². The lowest BCUT2D eigenvalue weighted by Crippen LogP contribution is -2.28. The number of benzene rings is 1. The Balaban J connectivity index is 1.39. The van der Waals surface area contributed by atoms with Crippen LogP contribution in [-0.4, -0.2) is 33.0 Å². The zero-order chi connectivity index (χ0) is 18.1. The Morgan fingerprint density at radius 1 is 1.31 bits per heavy atom. The van der Waals surface area contributed by atoms with Gasteiger partial charge in [-0.05, 0) is 37.0 Å². The molecule has 2 aromatic heterocycles. The van der Waals surface area contributed by atoms with Gasteiger partial charge in [0.2, 0.25) is 17.6 Å². The van der Waals surface area contributed by atoms with Crippen LogP contribution in [0.4, 0.5) is 0 Å². The summed E-state index contributed by atoms with van der Waals surface area (Å²) in [6, 6.07) is 12.1. The van der Waals surface area contributed by atoms with Crippen molar-refractivity contribution in [3.63, 3.8) is 0 Å². The summed E-state index contributed by atoms with van der Waals surface area (Å²) in [6.45, 7) is 2.38. The standard InChI is InChI=1S/C20H20N4O2/c1-13-5-3-6-14(9-13)16-10-17(16)20(25)24(2)12-18-22-19(23-26-18)15-7-4-8-21-11-15/h3-9,11,16-17H,10,12H2,1-2H3/t16-,17-/m1/s1. The zero-order valence-electron chi connectivity index (χ0n) is 14.8. The molecule has 132 valence electrons. The number of hydrogen-bond donors (Lipinski definition) is 0. The van der Waals surface area contributed by atoms with Crippen molar-refractivity contribution in [2.24, 2.45) is 5.92 Å². The summed E-state index contributed by atoms with van der Waals surface area (Å²) in [5.41, 5.74) is 3.26. The largest absolute Gasteiger partial charge is 0.337 e. The molecule has 4 rings (SSSR count). The van der Waals surface area contributed by atoms with Crippen LogP contribution in [0.25, 0.3) is 11.4 Å². The van der Waals surface area contributed by atoms with E-state index in [0.717, 1.165) is 12.0 Å². The summed E-state index contributed by atoms with van der Waals surface area (Å²) in [5.74, 6) is 1.39. The third kappa shape index (κ3) is 3.35. The molecule has 2 atom stereocenters. The molecule has 0 spiro atoms. The average molecular weight is 348 g/mol. The second-order valence-electron chi connectivity index (χ2n) is 6.81. The number of hydrogen-bond acceptors (Lipinski definition) is 5. The van der Waals surface area contributed by atoms with Crippen molar-refractivity contribution in [2.75, 3.05) is 7.05 Å². The molecule has 1 aliphatic rings. The van der Waals surface area contributed by atoms with Crippen LogP contribution in [0.3, 0.4) is 0 Å². The van der Waals surface area contributed by atoms with E-state index in [-0.39, 0.29) is 11.8 Å². The summed E-state index contributed by atoms with van der Waals surface area (Å²) >= 11 is 0. The van der Waals surface area contributed by atoms with Crippen LogP contribution in [0.2, 0.25) is 0 Å². The minimum absolute atomic E-state index is 0.0440. The fourth-order valence-electron chi connectivity index (χ4n) is 3.23. The van der Waals surface area contributed by atoms with E-state index in [1.807, 2.05) is 18.2 Å². The van der Waals surface area contributed by atoms with E-state index in [4.69, 9.17) is 4.52 Å². The average Bonchev–Trinajstić information content (AvgIpc) is 3.33. The summed E-state index contributed by atoms with van der Waals surface area (Å²) in [4.78, 5) is 22.8. The van der Waals surface area contributed by atoms with E-state index in [0.29, 0.717) is 24.2 Å². The first-order valence-electron chi connectivity index (χ1n) is 8.66. The van der Waals surface area contributed by atoms with Gasteiger partial charge in [-0.15, -0.1) is 0 Å². The van der Waals surface area contributed by atoms with Crippen molar-refractivity contribution in [3.05, 3.63) is 65.8 Å². The topological polar surface area (TPSA) is 72.1 Å². The molecule has 1 fully saturated rings. The molecule has 0 radical (unpaired) electrons. The number of carbonyl (C=O) groups is 1. The number of nitrogens with zero attached hydrogens (tertiary/aromatic N) is 4. The summed E-state index contributed by atoms with van der Waals surface area (Å²) in [7, 11) is 1.78. The molecule has 0 unspecified atom stereocenters. The number of aryl methyl sites for hydroxylation is 1. The first-order valence-corrected chi connectivity index (χ1v) is 8.66.